The Morgan fingerprint density at radius 3 is 2.45 bits per heavy atom. The van der Waals surface area contributed by atoms with Crippen LogP contribution in [0.3, 0.4) is 0 Å². The van der Waals surface area contributed by atoms with Crippen LogP contribution >= 0.6 is 35.2 Å². The molecule has 0 fully saturated rings. The highest BCUT2D eigenvalue weighted by Gasteiger charge is 2.28. The van der Waals surface area contributed by atoms with E-state index in [-0.39, 0.29) is 9.48 Å². The van der Waals surface area contributed by atoms with Gasteiger partial charge in [0.25, 0.3) is 0 Å². The molecule has 0 aromatic heterocycles. The van der Waals surface area contributed by atoms with E-state index in [0.717, 1.165) is 25.2 Å². The fourth-order valence-electron chi connectivity index (χ4n) is 3.56. The van der Waals surface area contributed by atoms with Crippen LogP contribution in [0.15, 0.2) is 48.5 Å². The maximum Gasteiger partial charge on any atom is 0.120 e. The summed E-state index contributed by atoms with van der Waals surface area (Å²) in [7, 11) is 0. The van der Waals surface area contributed by atoms with E-state index in [1.807, 2.05) is 6.07 Å². The predicted octanol–water partition coefficient (Wildman–Crippen LogP) is 6.67. The number of fused-ring (bicyclic) bond motifs is 1. The Morgan fingerprint density at radius 2 is 1.76 bits per heavy atom. The van der Waals surface area contributed by atoms with Crippen LogP contribution in [-0.4, -0.2) is 28.7 Å². The van der Waals surface area contributed by atoms with E-state index in [0.29, 0.717) is 12.6 Å². The van der Waals surface area contributed by atoms with E-state index in [1.54, 1.807) is 0 Å². The Balaban J connectivity index is 1.76. The molecule has 5 heteroatoms. The third-order valence-corrected chi connectivity index (χ3v) is 5.83. The summed E-state index contributed by atoms with van der Waals surface area (Å²) in [5.74, 6) is 0.914. The van der Waals surface area contributed by atoms with Crippen LogP contribution in [-0.2, 0) is 4.74 Å². The van der Waals surface area contributed by atoms with Gasteiger partial charge in [-0.3, -0.25) is 0 Å². The fourth-order valence-corrected chi connectivity index (χ4v) is 4.43. The van der Waals surface area contributed by atoms with Gasteiger partial charge in [-0.25, -0.2) is 0 Å². The number of thiol groups is 1. The number of halogens is 1. The largest absolute Gasteiger partial charge is 0.494 e. The van der Waals surface area contributed by atoms with Crippen LogP contribution in [0.25, 0.3) is 11.6 Å². The van der Waals surface area contributed by atoms with Crippen LogP contribution in [0.1, 0.15) is 44.7 Å². The minimum absolute atomic E-state index is 0.0250. The van der Waals surface area contributed by atoms with Crippen molar-refractivity contribution in [2.45, 2.75) is 49.1 Å². The van der Waals surface area contributed by atoms with Crippen molar-refractivity contribution in [1.29, 1.82) is 0 Å². The molecule has 1 aliphatic heterocycles. The first-order valence-corrected chi connectivity index (χ1v) is 12.0. The molecule has 3 nitrogen and oxygen atoms in total. The van der Waals surface area contributed by atoms with Crippen molar-refractivity contribution in [2.75, 3.05) is 18.1 Å². The minimum atomic E-state index is 0.0250. The summed E-state index contributed by atoms with van der Waals surface area (Å²) in [6, 6.07) is 17.2. The molecule has 156 valence electrons. The number of unbranched alkanes of at least 4 members (excludes halogenated alkanes) is 1. The Morgan fingerprint density at radius 1 is 1.03 bits per heavy atom. The fraction of sp³-hybridized carbons (Fsp3) is 0.417. The zero-order valence-electron chi connectivity index (χ0n) is 17.3. The lowest BCUT2D eigenvalue weighted by Gasteiger charge is -2.40. The molecule has 0 amide bonds. The van der Waals surface area contributed by atoms with Gasteiger partial charge >= 0.3 is 0 Å². The molecular weight excluding hydrogens is 493 g/mol. The summed E-state index contributed by atoms with van der Waals surface area (Å²) in [5, 5.41) is 0.0250. The summed E-state index contributed by atoms with van der Waals surface area (Å²) in [6.45, 7) is 7.97. The molecule has 1 heterocycles. The number of hydrogen-bond acceptors (Lipinski definition) is 4. The van der Waals surface area contributed by atoms with Crippen molar-refractivity contribution in [2.24, 2.45) is 0 Å². The van der Waals surface area contributed by atoms with Gasteiger partial charge in [0.05, 0.1) is 12.0 Å². The van der Waals surface area contributed by atoms with E-state index in [9.17, 15) is 0 Å². The second kappa shape index (κ2) is 10.7. The van der Waals surface area contributed by atoms with Crippen molar-refractivity contribution in [3.63, 3.8) is 0 Å². The third kappa shape index (κ3) is 5.92. The van der Waals surface area contributed by atoms with Crippen molar-refractivity contribution >= 4 is 52.6 Å². The number of benzene rings is 2. The quantitative estimate of drug-likeness (QED) is 0.172. The zero-order chi connectivity index (χ0) is 20.8. The van der Waals surface area contributed by atoms with E-state index in [4.69, 9.17) is 22.1 Å². The number of anilines is 1. The van der Waals surface area contributed by atoms with Gasteiger partial charge in [0.1, 0.15) is 9.86 Å². The molecule has 2 atom stereocenters. The Labute approximate surface area is 194 Å². The van der Waals surface area contributed by atoms with Crippen molar-refractivity contribution < 1.29 is 9.47 Å². The molecule has 0 N–H and O–H groups in total. The summed E-state index contributed by atoms with van der Waals surface area (Å²) in [4.78, 5) is 2.37. The first-order chi connectivity index (χ1) is 14.0. The van der Waals surface area contributed by atoms with Gasteiger partial charge in [-0.1, -0.05) is 52.9 Å². The highest BCUT2D eigenvalue weighted by atomic mass is 127. The van der Waals surface area contributed by atoms with Gasteiger partial charge in [-0.2, -0.15) is 0 Å². The minimum Gasteiger partial charge on any atom is -0.494 e. The van der Waals surface area contributed by atoms with Crippen LogP contribution in [0.4, 0.5) is 5.69 Å². The van der Waals surface area contributed by atoms with Crippen molar-refractivity contribution in [3.8, 4) is 5.75 Å². The molecule has 2 unspecified atom stereocenters. The molecule has 3 rings (SSSR count). The highest BCUT2D eigenvalue weighted by molar-refractivity contribution is 14.1. The predicted molar refractivity (Wildman–Crippen MR) is 135 cm³/mol. The highest BCUT2D eigenvalue weighted by Crippen LogP contribution is 2.41. The number of hydrogen-bond donors (Lipinski definition) is 1. The first-order valence-electron chi connectivity index (χ1n) is 10.2. The van der Waals surface area contributed by atoms with Gasteiger partial charge in [-0.15, -0.1) is 12.6 Å². The maximum absolute atomic E-state index is 6.02. The van der Waals surface area contributed by atoms with Gasteiger partial charge in [0.2, 0.25) is 0 Å². The molecule has 0 spiro atoms. The Hall–Kier alpha value is -1.18. The molecule has 0 saturated heterocycles. The molecule has 0 bridgehead atoms. The van der Waals surface area contributed by atoms with E-state index in [1.165, 1.54) is 22.4 Å². The molecule has 0 aliphatic carbocycles. The average molecular weight is 523 g/mol. The third-order valence-electron chi connectivity index (χ3n) is 4.95. The maximum atomic E-state index is 6.02. The van der Waals surface area contributed by atoms with Gasteiger partial charge < -0.3 is 14.4 Å². The van der Waals surface area contributed by atoms with E-state index >= 15 is 0 Å². The number of ether oxygens (including phenoxy) is 2. The topological polar surface area (TPSA) is 21.7 Å². The molecule has 29 heavy (non-hydrogen) atoms. The lowest BCUT2D eigenvalue weighted by Crippen LogP contribution is -2.40. The van der Waals surface area contributed by atoms with Crippen molar-refractivity contribution in [1.82, 2.24) is 0 Å². The molecule has 2 aromatic rings. The summed E-state index contributed by atoms with van der Waals surface area (Å²) >= 11 is 7.25. The van der Waals surface area contributed by atoms with Crippen LogP contribution in [0.5, 0.6) is 5.75 Å². The SMILES string of the molecule is CC(I)OCCCCOc1ccc2c(c1)C=C(c1ccccc1)C(S)N2C(C)C. The molecule has 0 radical (unpaired) electrons. The normalized spacial score (nSPS) is 17.1. The smallest absolute Gasteiger partial charge is 0.120 e. The van der Waals surface area contributed by atoms with E-state index in [2.05, 4.69) is 96.8 Å². The molecule has 0 saturated carbocycles. The second-order valence-electron chi connectivity index (χ2n) is 7.53. The lowest BCUT2D eigenvalue weighted by molar-refractivity contribution is 0.126. The monoisotopic (exact) mass is 523 g/mol. The van der Waals surface area contributed by atoms with Crippen LogP contribution in [0.2, 0.25) is 0 Å². The summed E-state index contributed by atoms with van der Waals surface area (Å²) in [6.07, 6.45) is 4.25. The second-order valence-corrected chi connectivity index (χ2v) is 9.77. The van der Waals surface area contributed by atoms with Crippen LogP contribution in [0, 0.1) is 0 Å². The van der Waals surface area contributed by atoms with Gasteiger partial charge in [0.15, 0.2) is 0 Å². The summed E-state index contributed by atoms with van der Waals surface area (Å²) < 4.78 is 11.9. The van der Waals surface area contributed by atoms with Crippen LogP contribution < -0.4 is 9.64 Å². The average Bonchev–Trinajstić information content (AvgIpc) is 2.70. The molecule has 1 aliphatic rings. The molecule has 2 aromatic carbocycles. The van der Waals surface area contributed by atoms with Crippen molar-refractivity contribution in [3.05, 3.63) is 59.7 Å². The number of rotatable bonds is 9. The van der Waals surface area contributed by atoms with Gasteiger partial charge in [0, 0.05) is 23.9 Å². The Bertz CT molecular complexity index is 823. The number of nitrogens with zero attached hydrogens (tertiary/aromatic N) is 1. The van der Waals surface area contributed by atoms with Gasteiger partial charge in [-0.05, 0) is 69.0 Å². The Kier molecular flexibility index (Phi) is 8.33. The zero-order valence-corrected chi connectivity index (χ0v) is 20.4. The standard InChI is InChI=1S/C24H30INO2S/c1-17(2)26-23-12-11-21(28-14-8-7-13-27-18(3)25)15-20(23)16-22(24(26)29)19-9-5-4-6-10-19/h4-6,9-12,15-18,24,29H,7-8,13-14H2,1-3H3. The molecular formula is C24H30INO2S. The summed E-state index contributed by atoms with van der Waals surface area (Å²) in [5.41, 5.74) is 4.82. The number of alkyl halides is 1. The first kappa shape index (κ1) is 22.5. The van der Waals surface area contributed by atoms with E-state index < -0.39 is 0 Å². The lowest BCUT2D eigenvalue weighted by atomic mass is 9.95.